The van der Waals surface area contributed by atoms with Crippen LogP contribution in [0, 0.1) is 0 Å². The number of hydrogen-bond acceptors (Lipinski definition) is 4. The van der Waals surface area contributed by atoms with Crippen LogP contribution in [-0.2, 0) is 19.4 Å². The lowest BCUT2D eigenvalue weighted by molar-refractivity contribution is -0.127. The van der Waals surface area contributed by atoms with Crippen molar-refractivity contribution in [2.24, 2.45) is 0 Å². The summed E-state index contributed by atoms with van der Waals surface area (Å²) < 4.78 is 51.7. The van der Waals surface area contributed by atoms with Crippen LogP contribution in [0.25, 0.3) is 21.9 Å². The van der Waals surface area contributed by atoms with Gasteiger partial charge in [-0.15, -0.1) is 0 Å². The summed E-state index contributed by atoms with van der Waals surface area (Å²) in [6.07, 6.45) is -1.69. The lowest BCUT2D eigenvalue weighted by Crippen LogP contribution is -2.11. The minimum Gasteiger partial charge on any atom is -0.493 e. The Labute approximate surface area is 197 Å². The van der Waals surface area contributed by atoms with E-state index >= 15 is 0 Å². The van der Waals surface area contributed by atoms with Crippen LogP contribution >= 0.6 is 11.6 Å². The van der Waals surface area contributed by atoms with Gasteiger partial charge in [0.25, 0.3) is 0 Å². The van der Waals surface area contributed by atoms with Gasteiger partial charge in [0.1, 0.15) is 11.4 Å². The van der Waals surface area contributed by atoms with Gasteiger partial charge >= 0.3 is 12.1 Å². The number of carboxylic acid groups (broad SMARTS) is 1. The molecule has 0 spiro atoms. The van der Waals surface area contributed by atoms with Crippen molar-refractivity contribution in [1.82, 2.24) is 9.72 Å². The van der Waals surface area contributed by atoms with E-state index in [0.29, 0.717) is 53.7 Å². The Morgan fingerprint density at radius 3 is 2.71 bits per heavy atom. The van der Waals surface area contributed by atoms with Gasteiger partial charge < -0.3 is 18.9 Å². The third kappa shape index (κ3) is 4.84. The second-order valence-corrected chi connectivity index (χ2v) is 8.34. The Balaban J connectivity index is 1.47. The number of aryl methyl sites for hydroxylation is 2. The molecule has 180 valence electrons. The molecule has 0 unspecified atom stereocenters. The number of rotatable bonds is 9. The second-order valence-electron chi connectivity index (χ2n) is 7.97. The average molecular weight is 495 g/mol. The third-order valence-electron chi connectivity index (χ3n) is 5.56. The van der Waals surface area contributed by atoms with Crippen molar-refractivity contribution in [3.05, 3.63) is 58.4 Å². The maximum absolute atomic E-state index is 12.8. The molecule has 6 nitrogen and oxygen atoms in total. The molecule has 0 bridgehead atoms. The molecule has 0 saturated heterocycles. The first-order chi connectivity index (χ1) is 16.2. The van der Waals surface area contributed by atoms with Crippen molar-refractivity contribution < 1.29 is 32.3 Å². The van der Waals surface area contributed by atoms with Gasteiger partial charge in [0, 0.05) is 34.6 Å². The van der Waals surface area contributed by atoms with Crippen LogP contribution in [0.15, 0.2) is 41.1 Å². The zero-order valence-corrected chi connectivity index (χ0v) is 19.0. The predicted molar refractivity (Wildman–Crippen MR) is 122 cm³/mol. The van der Waals surface area contributed by atoms with Gasteiger partial charge in [0.15, 0.2) is 5.58 Å². The molecule has 34 heavy (non-hydrogen) atoms. The van der Waals surface area contributed by atoms with E-state index in [4.69, 9.17) is 20.9 Å². The number of carboxylic acids is 1. The van der Waals surface area contributed by atoms with E-state index < -0.39 is 18.6 Å². The Bertz CT molecular complexity index is 1340. The van der Waals surface area contributed by atoms with Crippen molar-refractivity contribution in [3.63, 3.8) is 0 Å². The molecule has 2 heterocycles. The lowest BCUT2D eigenvalue weighted by Gasteiger charge is -2.12. The largest absolute Gasteiger partial charge is 0.493 e. The number of alkyl halides is 3. The molecule has 0 saturated carbocycles. The number of aromatic carboxylic acids is 1. The number of carbonyl (C=O) groups is 1. The quantitative estimate of drug-likeness (QED) is 0.263. The number of fused-ring (bicyclic) bond motifs is 2. The van der Waals surface area contributed by atoms with E-state index in [-0.39, 0.29) is 16.3 Å². The Hall–Kier alpha value is -3.20. The predicted octanol–water partition coefficient (Wildman–Crippen LogP) is 6.66. The molecular formula is C24H22ClF3N2O4. The second kappa shape index (κ2) is 9.58. The highest BCUT2D eigenvalue weighted by molar-refractivity contribution is 6.38. The van der Waals surface area contributed by atoms with Crippen LogP contribution in [0.4, 0.5) is 13.2 Å². The van der Waals surface area contributed by atoms with Gasteiger partial charge in [-0.05, 0) is 43.2 Å². The molecule has 0 fully saturated rings. The minimum absolute atomic E-state index is 0.0555. The molecule has 0 amide bonds. The molecular weight excluding hydrogens is 473 g/mol. The van der Waals surface area contributed by atoms with Crippen molar-refractivity contribution in [1.29, 1.82) is 0 Å². The SMILES string of the molecule is CCCc1c(OCCCn2ccc3c(Cl)c(C(=O)O)ccc32)ccc2c(CC(F)(F)F)noc12. The summed E-state index contributed by atoms with van der Waals surface area (Å²) in [7, 11) is 0. The summed E-state index contributed by atoms with van der Waals surface area (Å²) in [5.41, 5.74) is 1.79. The maximum Gasteiger partial charge on any atom is 0.394 e. The first kappa shape index (κ1) is 23.9. The Morgan fingerprint density at radius 2 is 2.00 bits per heavy atom. The normalized spacial score (nSPS) is 12.0. The summed E-state index contributed by atoms with van der Waals surface area (Å²) in [5, 5.41) is 14.1. The zero-order chi connectivity index (χ0) is 24.5. The van der Waals surface area contributed by atoms with Crippen molar-refractivity contribution in [2.45, 2.75) is 45.3 Å². The van der Waals surface area contributed by atoms with Crippen LogP contribution < -0.4 is 4.74 Å². The number of nitrogens with zero attached hydrogens (tertiary/aromatic N) is 2. The smallest absolute Gasteiger partial charge is 0.394 e. The van der Waals surface area contributed by atoms with E-state index in [2.05, 4.69) is 5.16 Å². The van der Waals surface area contributed by atoms with Gasteiger partial charge in [0.05, 0.1) is 23.6 Å². The van der Waals surface area contributed by atoms with E-state index in [0.717, 1.165) is 11.9 Å². The number of benzene rings is 2. The molecule has 4 rings (SSSR count). The van der Waals surface area contributed by atoms with E-state index in [1.165, 1.54) is 6.07 Å². The molecule has 1 N–H and O–H groups in total. The van der Waals surface area contributed by atoms with Crippen LogP contribution in [-0.4, -0.2) is 33.6 Å². The number of halogens is 4. The summed E-state index contributed by atoms with van der Waals surface area (Å²) in [6.45, 7) is 2.94. The molecule has 0 radical (unpaired) electrons. The number of ether oxygens (including phenoxy) is 1. The Kier molecular flexibility index (Phi) is 6.74. The summed E-state index contributed by atoms with van der Waals surface area (Å²) >= 11 is 6.23. The summed E-state index contributed by atoms with van der Waals surface area (Å²) in [4.78, 5) is 11.3. The Morgan fingerprint density at radius 1 is 1.21 bits per heavy atom. The maximum atomic E-state index is 12.8. The fraction of sp³-hybridized carbons (Fsp3) is 0.333. The van der Waals surface area contributed by atoms with Crippen LogP contribution in [0.3, 0.4) is 0 Å². The van der Waals surface area contributed by atoms with Crippen LogP contribution in [0.2, 0.25) is 5.02 Å². The topological polar surface area (TPSA) is 77.5 Å². The number of aromatic nitrogens is 2. The lowest BCUT2D eigenvalue weighted by atomic mass is 10.0. The average Bonchev–Trinajstić information content (AvgIpc) is 3.36. The molecule has 0 atom stereocenters. The number of hydrogen-bond donors (Lipinski definition) is 1. The van der Waals surface area contributed by atoms with Gasteiger partial charge in [-0.1, -0.05) is 30.1 Å². The third-order valence-corrected chi connectivity index (χ3v) is 5.97. The molecule has 0 aliphatic carbocycles. The van der Waals surface area contributed by atoms with E-state index in [1.807, 2.05) is 17.7 Å². The van der Waals surface area contributed by atoms with Gasteiger partial charge in [-0.3, -0.25) is 0 Å². The molecule has 2 aromatic carbocycles. The van der Waals surface area contributed by atoms with E-state index in [1.54, 1.807) is 24.3 Å². The first-order valence-electron chi connectivity index (χ1n) is 10.8. The standard InChI is InChI=1S/C24H22ClF3N2O4/c1-2-4-16-20(8-6-14-18(13-24(26,27)28)29-34-22(14)16)33-12-3-10-30-11-9-15-19(30)7-5-17(21(15)25)23(31)32/h5-9,11H,2-4,10,12-13H2,1H3,(H,31,32). The zero-order valence-electron chi connectivity index (χ0n) is 18.3. The highest BCUT2D eigenvalue weighted by Gasteiger charge is 2.31. The molecule has 2 aromatic heterocycles. The van der Waals surface area contributed by atoms with Crippen LogP contribution in [0.5, 0.6) is 5.75 Å². The van der Waals surface area contributed by atoms with Crippen LogP contribution in [0.1, 0.15) is 41.4 Å². The van der Waals surface area contributed by atoms with Gasteiger partial charge in [0.2, 0.25) is 0 Å². The van der Waals surface area contributed by atoms with Gasteiger partial charge in [-0.25, -0.2) is 4.79 Å². The monoisotopic (exact) mass is 494 g/mol. The molecule has 0 aliphatic heterocycles. The summed E-state index contributed by atoms with van der Waals surface area (Å²) in [6, 6.07) is 8.21. The fourth-order valence-electron chi connectivity index (χ4n) is 4.04. The van der Waals surface area contributed by atoms with Crippen molar-refractivity contribution >= 4 is 39.4 Å². The fourth-order valence-corrected chi connectivity index (χ4v) is 4.35. The van der Waals surface area contributed by atoms with Gasteiger partial charge in [-0.2, -0.15) is 13.2 Å². The summed E-state index contributed by atoms with van der Waals surface area (Å²) in [5.74, 6) is -0.513. The molecule has 10 heteroatoms. The minimum atomic E-state index is -4.37. The highest BCUT2D eigenvalue weighted by Crippen LogP contribution is 2.34. The molecule has 0 aliphatic rings. The van der Waals surface area contributed by atoms with Crippen molar-refractivity contribution in [2.75, 3.05) is 6.61 Å². The van der Waals surface area contributed by atoms with E-state index in [9.17, 15) is 23.1 Å². The van der Waals surface area contributed by atoms with Crippen molar-refractivity contribution in [3.8, 4) is 5.75 Å². The highest BCUT2D eigenvalue weighted by atomic mass is 35.5. The first-order valence-corrected chi connectivity index (χ1v) is 11.2. The molecule has 4 aromatic rings.